The lowest BCUT2D eigenvalue weighted by atomic mass is 9.94. The second kappa shape index (κ2) is 6.86. The number of hydrogen-bond acceptors (Lipinski definition) is 5. The van der Waals surface area contributed by atoms with Crippen LogP contribution in [0.25, 0.3) is 0 Å². The summed E-state index contributed by atoms with van der Waals surface area (Å²) in [6, 6.07) is 8.05. The van der Waals surface area contributed by atoms with Gasteiger partial charge in [0.25, 0.3) is 0 Å². The Hall–Kier alpha value is -1.63. The van der Waals surface area contributed by atoms with Gasteiger partial charge in [0.1, 0.15) is 18.0 Å². The molecule has 4 atom stereocenters. The maximum Gasteiger partial charge on any atom is 0.241 e. The van der Waals surface area contributed by atoms with Crippen LogP contribution in [0, 0.1) is 0 Å². The van der Waals surface area contributed by atoms with Crippen molar-refractivity contribution >= 4 is 5.91 Å². The fourth-order valence-electron chi connectivity index (χ4n) is 3.62. The van der Waals surface area contributed by atoms with E-state index < -0.39 is 0 Å². The Bertz CT molecular complexity index is 565. The first kappa shape index (κ1) is 16.2. The number of nitrogens with one attached hydrogen (secondary N) is 3. The van der Waals surface area contributed by atoms with Crippen molar-refractivity contribution in [3.63, 3.8) is 0 Å². The van der Waals surface area contributed by atoms with Gasteiger partial charge in [-0.2, -0.15) is 0 Å². The largest absolute Gasteiger partial charge is 0.493 e. The van der Waals surface area contributed by atoms with Gasteiger partial charge in [-0.05, 0) is 19.4 Å². The number of likely N-dealkylation sites (N-methyl/N-ethyl adjacent to an activating group) is 1. The fraction of sp³-hybridized carbons (Fsp3) is 0.588. The first-order valence-electron chi connectivity index (χ1n) is 8.42. The molecule has 0 radical (unpaired) electrons. The Morgan fingerprint density at radius 2 is 2.04 bits per heavy atom. The number of fused-ring (bicyclic) bond motifs is 1. The molecule has 2 aliphatic rings. The van der Waals surface area contributed by atoms with Crippen molar-refractivity contribution in [3.8, 4) is 5.75 Å². The molecule has 126 valence electrons. The molecule has 3 rings (SSSR count). The number of amides is 1. The molecule has 4 unspecified atom stereocenters. The van der Waals surface area contributed by atoms with Crippen molar-refractivity contribution in [1.82, 2.24) is 21.1 Å². The van der Waals surface area contributed by atoms with E-state index in [4.69, 9.17) is 4.74 Å². The highest BCUT2D eigenvalue weighted by Crippen LogP contribution is 2.29. The van der Waals surface area contributed by atoms with Gasteiger partial charge < -0.3 is 10.1 Å². The molecule has 3 N–H and O–H groups in total. The van der Waals surface area contributed by atoms with Crippen molar-refractivity contribution < 1.29 is 9.53 Å². The molecule has 0 bridgehead atoms. The topological polar surface area (TPSA) is 65.6 Å². The predicted molar refractivity (Wildman–Crippen MR) is 88.8 cm³/mol. The molecule has 2 aliphatic heterocycles. The predicted octanol–water partition coefficient (Wildman–Crippen LogP) is 1.16. The summed E-state index contributed by atoms with van der Waals surface area (Å²) < 4.78 is 5.71. The van der Waals surface area contributed by atoms with Crippen LogP contribution < -0.4 is 20.8 Å². The van der Waals surface area contributed by atoms with Crippen LogP contribution in [0.15, 0.2) is 24.3 Å². The molecule has 6 nitrogen and oxygen atoms in total. The van der Waals surface area contributed by atoms with E-state index in [2.05, 4.69) is 23.0 Å². The molecule has 1 aromatic rings. The minimum atomic E-state index is -0.223. The second-order valence-electron chi connectivity index (χ2n) is 6.18. The van der Waals surface area contributed by atoms with Crippen LogP contribution in [0.4, 0.5) is 0 Å². The molecular weight excluding hydrogens is 292 g/mol. The summed E-state index contributed by atoms with van der Waals surface area (Å²) >= 11 is 0. The first-order valence-corrected chi connectivity index (χ1v) is 8.42. The van der Waals surface area contributed by atoms with E-state index in [1.54, 1.807) is 0 Å². The number of hydrogen-bond donors (Lipinski definition) is 3. The van der Waals surface area contributed by atoms with Crippen LogP contribution in [-0.4, -0.2) is 42.7 Å². The summed E-state index contributed by atoms with van der Waals surface area (Å²) in [6.45, 7) is 4.74. The number of hydrazine groups is 1. The van der Waals surface area contributed by atoms with E-state index >= 15 is 0 Å². The molecule has 2 fully saturated rings. The fourth-order valence-corrected chi connectivity index (χ4v) is 3.62. The highest BCUT2D eigenvalue weighted by Gasteiger charge is 2.48. The Morgan fingerprint density at radius 1 is 1.26 bits per heavy atom. The summed E-state index contributed by atoms with van der Waals surface area (Å²) in [5.41, 5.74) is 4.40. The molecule has 2 saturated heterocycles. The Labute approximate surface area is 137 Å². The van der Waals surface area contributed by atoms with Crippen molar-refractivity contribution in [2.75, 3.05) is 13.7 Å². The summed E-state index contributed by atoms with van der Waals surface area (Å²) in [5.74, 6) is 0.872. The molecule has 23 heavy (non-hydrogen) atoms. The van der Waals surface area contributed by atoms with E-state index in [1.807, 2.05) is 43.2 Å². The second-order valence-corrected chi connectivity index (χ2v) is 6.18. The molecule has 1 aromatic carbocycles. The third-order valence-corrected chi connectivity index (χ3v) is 4.60. The molecule has 6 heteroatoms. The standard InChI is InChI=1S/C17H26N4O2/c1-4-8-12-14-15(21(3)20-12)17(22)19-16(18-14)11-9-6-7-10-13(11)23-5-2/h6-7,9-10,12,14-16,18,20H,4-5,8H2,1-3H3,(H,19,22). The highest BCUT2D eigenvalue weighted by molar-refractivity contribution is 5.84. The zero-order valence-corrected chi connectivity index (χ0v) is 14.0. The quantitative estimate of drug-likeness (QED) is 0.760. The summed E-state index contributed by atoms with van der Waals surface area (Å²) in [7, 11) is 1.93. The van der Waals surface area contributed by atoms with Crippen LogP contribution in [0.3, 0.4) is 0 Å². The van der Waals surface area contributed by atoms with Crippen LogP contribution in [0.5, 0.6) is 5.75 Å². The molecule has 2 heterocycles. The molecule has 0 aromatic heterocycles. The average Bonchev–Trinajstić information content (AvgIpc) is 2.85. The minimum Gasteiger partial charge on any atom is -0.493 e. The number of ether oxygens (including phenoxy) is 1. The van der Waals surface area contributed by atoms with Gasteiger partial charge in [0.15, 0.2) is 0 Å². The SMILES string of the molecule is CCCC1NN(C)C2C(=O)NC(c3ccccc3OCC)NC12. The van der Waals surface area contributed by atoms with Crippen molar-refractivity contribution in [2.45, 2.75) is 51.0 Å². The van der Waals surface area contributed by atoms with Gasteiger partial charge in [-0.15, -0.1) is 0 Å². The molecular formula is C17H26N4O2. The van der Waals surface area contributed by atoms with Crippen molar-refractivity contribution in [1.29, 1.82) is 0 Å². The lowest BCUT2D eigenvalue weighted by Crippen LogP contribution is -2.62. The Balaban J connectivity index is 1.85. The van der Waals surface area contributed by atoms with Gasteiger partial charge in [0.05, 0.1) is 12.6 Å². The van der Waals surface area contributed by atoms with Gasteiger partial charge in [-0.3, -0.25) is 10.1 Å². The normalized spacial score (nSPS) is 30.8. The van der Waals surface area contributed by atoms with Crippen LogP contribution in [-0.2, 0) is 4.79 Å². The van der Waals surface area contributed by atoms with E-state index in [1.165, 1.54) is 0 Å². The minimum absolute atomic E-state index is 0.0543. The highest BCUT2D eigenvalue weighted by atomic mass is 16.5. The van der Waals surface area contributed by atoms with Gasteiger partial charge in [0.2, 0.25) is 5.91 Å². The molecule has 0 spiro atoms. The number of carbonyl (C=O) groups is 1. The van der Waals surface area contributed by atoms with E-state index in [9.17, 15) is 4.79 Å². The summed E-state index contributed by atoms with van der Waals surface area (Å²) in [5, 5.41) is 8.62. The van der Waals surface area contributed by atoms with Crippen molar-refractivity contribution in [3.05, 3.63) is 29.8 Å². The maximum absolute atomic E-state index is 12.6. The first-order chi connectivity index (χ1) is 11.2. The van der Waals surface area contributed by atoms with E-state index in [-0.39, 0.29) is 30.2 Å². The van der Waals surface area contributed by atoms with E-state index in [0.29, 0.717) is 6.61 Å². The summed E-state index contributed by atoms with van der Waals surface area (Å²) in [4.78, 5) is 12.6. The van der Waals surface area contributed by atoms with Gasteiger partial charge in [-0.1, -0.05) is 31.5 Å². The molecule has 0 aliphatic carbocycles. The van der Waals surface area contributed by atoms with Crippen LogP contribution in [0.2, 0.25) is 0 Å². The van der Waals surface area contributed by atoms with Gasteiger partial charge >= 0.3 is 0 Å². The zero-order valence-electron chi connectivity index (χ0n) is 14.0. The lowest BCUT2D eigenvalue weighted by Gasteiger charge is -2.36. The molecule has 1 amide bonds. The van der Waals surface area contributed by atoms with E-state index in [0.717, 1.165) is 24.2 Å². The number of carbonyl (C=O) groups excluding carboxylic acids is 1. The number of nitrogens with zero attached hydrogens (tertiary/aromatic N) is 1. The third-order valence-electron chi connectivity index (χ3n) is 4.60. The van der Waals surface area contributed by atoms with Crippen LogP contribution >= 0.6 is 0 Å². The zero-order chi connectivity index (χ0) is 16.4. The number of rotatable bonds is 5. The lowest BCUT2D eigenvalue weighted by molar-refractivity contribution is -0.129. The average molecular weight is 318 g/mol. The van der Waals surface area contributed by atoms with Crippen LogP contribution in [0.1, 0.15) is 38.4 Å². The maximum atomic E-state index is 12.6. The molecule has 0 saturated carbocycles. The van der Waals surface area contributed by atoms with Gasteiger partial charge in [0, 0.05) is 18.7 Å². The smallest absolute Gasteiger partial charge is 0.241 e. The Kier molecular flexibility index (Phi) is 4.84. The Morgan fingerprint density at radius 3 is 2.78 bits per heavy atom. The van der Waals surface area contributed by atoms with Gasteiger partial charge in [-0.25, -0.2) is 10.4 Å². The summed E-state index contributed by atoms with van der Waals surface area (Å²) in [6.07, 6.45) is 1.89. The number of para-hydroxylation sites is 1. The third kappa shape index (κ3) is 3.06. The number of benzene rings is 1. The monoisotopic (exact) mass is 318 g/mol. The van der Waals surface area contributed by atoms with Crippen molar-refractivity contribution in [2.24, 2.45) is 0 Å².